The van der Waals surface area contributed by atoms with Gasteiger partial charge in [-0.25, -0.2) is 9.50 Å². The summed E-state index contributed by atoms with van der Waals surface area (Å²) in [7, 11) is 0. The Morgan fingerprint density at radius 3 is 3.06 bits per heavy atom. The van der Waals surface area contributed by atoms with Crippen LogP contribution in [0, 0.1) is 6.92 Å². The van der Waals surface area contributed by atoms with Gasteiger partial charge in [0.25, 0.3) is 5.56 Å². The van der Waals surface area contributed by atoms with Crippen LogP contribution in [0.15, 0.2) is 23.1 Å². The number of pyridine rings is 1. The van der Waals surface area contributed by atoms with E-state index in [0.29, 0.717) is 16.6 Å². The minimum absolute atomic E-state index is 0.132. The number of aromatic hydroxyl groups is 1. The molecule has 2 N–H and O–H groups in total. The first-order chi connectivity index (χ1) is 7.65. The molecule has 0 unspecified atom stereocenters. The highest BCUT2D eigenvalue weighted by atomic mass is 16.3. The maximum Gasteiger partial charge on any atom is 0.260 e. The lowest BCUT2D eigenvalue weighted by atomic mass is 10.3. The van der Waals surface area contributed by atoms with Crippen LogP contribution in [0.2, 0.25) is 0 Å². The van der Waals surface area contributed by atoms with Crippen molar-refractivity contribution in [2.24, 2.45) is 0 Å². The summed E-state index contributed by atoms with van der Waals surface area (Å²) in [5, 5.41) is 14.0. The largest absolute Gasteiger partial charge is 0.493 e. The van der Waals surface area contributed by atoms with Gasteiger partial charge in [0, 0.05) is 18.3 Å². The molecule has 0 aliphatic carbocycles. The lowest BCUT2D eigenvalue weighted by molar-refractivity contribution is 0.454. The van der Waals surface area contributed by atoms with Crippen molar-refractivity contribution in [1.29, 1.82) is 0 Å². The maximum atomic E-state index is 11.7. The number of nitrogens with zero attached hydrogens (tertiary/aromatic N) is 3. The average Bonchev–Trinajstić information content (AvgIpc) is 2.59. The summed E-state index contributed by atoms with van der Waals surface area (Å²) >= 11 is 0. The Balaban J connectivity index is 2.65. The number of rotatable bonds is 0. The van der Waals surface area contributed by atoms with Gasteiger partial charge < -0.3 is 10.1 Å². The molecule has 80 valence electrons. The number of nitrogens with one attached hydrogen (secondary N) is 1. The molecule has 0 aliphatic rings. The molecule has 0 aromatic carbocycles. The normalized spacial score (nSPS) is 11.3. The summed E-state index contributed by atoms with van der Waals surface area (Å²) in [4.78, 5) is 18.1. The number of hydrogen-bond acceptors (Lipinski definition) is 4. The van der Waals surface area contributed by atoms with Crippen molar-refractivity contribution < 1.29 is 5.11 Å². The van der Waals surface area contributed by atoms with Gasteiger partial charge in [0.05, 0.1) is 16.6 Å². The van der Waals surface area contributed by atoms with Gasteiger partial charge >= 0.3 is 0 Å². The number of fused-ring (bicyclic) bond motifs is 3. The van der Waals surface area contributed by atoms with E-state index >= 15 is 0 Å². The molecule has 0 saturated heterocycles. The molecule has 16 heavy (non-hydrogen) atoms. The molecule has 0 saturated carbocycles. The van der Waals surface area contributed by atoms with Gasteiger partial charge in [0.2, 0.25) is 5.88 Å². The summed E-state index contributed by atoms with van der Waals surface area (Å²) in [6.45, 7) is 1.83. The smallest absolute Gasteiger partial charge is 0.260 e. The van der Waals surface area contributed by atoms with Gasteiger partial charge in [-0.2, -0.15) is 5.10 Å². The molecule has 0 aliphatic heterocycles. The second kappa shape index (κ2) is 2.82. The molecule has 0 bridgehead atoms. The average molecular weight is 216 g/mol. The molecule has 0 amide bonds. The monoisotopic (exact) mass is 216 g/mol. The number of aryl methyl sites for hydroxylation is 1. The first-order valence-electron chi connectivity index (χ1n) is 4.72. The standard InChI is InChI=1S/C10H8N4O2/c1-5-2-8-12-10(16)6-4-11-9(15)3-7(6)14(8)13-5/h2-4H,1H3,(H,11,15)(H,12,16). The highest BCUT2D eigenvalue weighted by Gasteiger charge is 2.08. The highest BCUT2D eigenvalue weighted by Crippen LogP contribution is 2.15. The Morgan fingerprint density at radius 2 is 2.25 bits per heavy atom. The molecule has 3 rings (SSSR count). The first kappa shape index (κ1) is 8.90. The summed E-state index contributed by atoms with van der Waals surface area (Å²) in [5.41, 5.74) is 1.69. The van der Waals surface area contributed by atoms with Crippen LogP contribution >= 0.6 is 0 Å². The lowest BCUT2D eigenvalue weighted by Gasteiger charge is -2.00. The summed E-state index contributed by atoms with van der Waals surface area (Å²) in [6.07, 6.45) is 1.33. The molecular weight excluding hydrogens is 208 g/mol. The molecule has 6 heteroatoms. The third kappa shape index (κ3) is 1.10. The third-order valence-corrected chi connectivity index (χ3v) is 2.41. The number of aromatic amines is 1. The van der Waals surface area contributed by atoms with Crippen LogP contribution in [0.25, 0.3) is 16.6 Å². The Hall–Kier alpha value is -2.37. The SMILES string of the molecule is Cc1cc2[nH]c(=O)c3cnc(O)cc3n2n1. The summed E-state index contributed by atoms with van der Waals surface area (Å²) < 4.78 is 1.58. The van der Waals surface area contributed by atoms with E-state index < -0.39 is 0 Å². The van der Waals surface area contributed by atoms with Crippen LogP contribution in [0.1, 0.15) is 5.69 Å². The van der Waals surface area contributed by atoms with Crippen molar-refractivity contribution in [1.82, 2.24) is 19.6 Å². The third-order valence-electron chi connectivity index (χ3n) is 2.41. The number of aromatic nitrogens is 4. The first-order valence-corrected chi connectivity index (χ1v) is 4.72. The zero-order valence-corrected chi connectivity index (χ0v) is 8.43. The maximum absolute atomic E-state index is 11.7. The highest BCUT2D eigenvalue weighted by molar-refractivity contribution is 5.80. The predicted molar refractivity (Wildman–Crippen MR) is 57.5 cm³/mol. The fourth-order valence-electron chi connectivity index (χ4n) is 1.74. The summed E-state index contributed by atoms with van der Waals surface area (Å²) in [5.74, 6) is -0.132. The van der Waals surface area contributed by atoms with E-state index in [9.17, 15) is 9.90 Å². The van der Waals surface area contributed by atoms with Gasteiger partial charge in [-0.3, -0.25) is 4.79 Å². The topological polar surface area (TPSA) is 83.3 Å². The molecular formula is C10H8N4O2. The van der Waals surface area contributed by atoms with E-state index in [1.165, 1.54) is 12.3 Å². The van der Waals surface area contributed by atoms with E-state index in [-0.39, 0.29) is 11.4 Å². The zero-order chi connectivity index (χ0) is 11.3. The van der Waals surface area contributed by atoms with Gasteiger partial charge in [-0.1, -0.05) is 0 Å². The van der Waals surface area contributed by atoms with Crippen LogP contribution in [-0.4, -0.2) is 24.7 Å². The molecule has 0 spiro atoms. The lowest BCUT2D eigenvalue weighted by Crippen LogP contribution is -2.10. The van der Waals surface area contributed by atoms with Crippen molar-refractivity contribution in [3.05, 3.63) is 34.4 Å². The molecule has 0 fully saturated rings. The van der Waals surface area contributed by atoms with Crippen LogP contribution in [0.4, 0.5) is 0 Å². The van der Waals surface area contributed by atoms with Gasteiger partial charge in [-0.15, -0.1) is 0 Å². The quantitative estimate of drug-likeness (QED) is 0.576. The van der Waals surface area contributed by atoms with Crippen molar-refractivity contribution in [3.8, 4) is 5.88 Å². The van der Waals surface area contributed by atoms with Crippen molar-refractivity contribution in [3.63, 3.8) is 0 Å². The van der Waals surface area contributed by atoms with Crippen LogP contribution in [-0.2, 0) is 0 Å². The Bertz CT molecular complexity index is 756. The van der Waals surface area contributed by atoms with Crippen molar-refractivity contribution in [2.45, 2.75) is 6.92 Å². The van der Waals surface area contributed by atoms with Gasteiger partial charge in [0.1, 0.15) is 5.65 Å². The molecule has 3 aromatic rings. The Morgan fingerprint density at radius 1 is 1.44 bits per heavy atom. The van der Waals surface area contributed by atoms with Crippen molar-refractivity contribution >= 4 is 16.6 Å². The van der Waals surface area contributed by atoms with E-state index in [1.54, 1.807) is 10.6 Å². The second-order valence-electron chi connectivity index (χ2n) is 3.60. The molecule has 3 aromatic heterocycles. The minimum atomic E-state index is -0.241. The molecule has 0 atom stereocenters. The molecule has 0 radical (unpaired) electrons. The van der Waals surface area contributed by atoms with Crippen LogP contribution in [0.5, 0.6) is 5.88 Å². The van der Waals surface area contributed by atoms with E-state index in [0.717, 1.165) is 5.69 Å². The van der Waals surface area contributed by atoms with Crippen LogP contribution < -0.4 is 5.56 Å². The summed E-state index contributed by atoms with van der Waals surface area (Å²) in [6, 6.07) is 3.18. The van der Waals surface area contributed by atoms with E-state index in [4.69, 9.17) is 0 Å². The van der Waals surface area contributed by atoms with Crippen molar-refractivity contribution in [2.75, 3.05) is 0 Å². The van der Waals surface area contributed by atoms with E-state index in [1.807, 2.05) is 6.92 Å². The molecule has 6 nitrogen and oxygen atoms in total. The van der Waals surface area contributed by atoms with Gasteiger partial charge in [0.15, 0.2) is 0 Å². The fourth-order valence-corrected chi connectivity index (χ4v) is 1.74. The second-order valence-corrected chi connectivity index (χ2v) is 3.60. The molecule has 3 heterocycles. The Labute approximate surface area is 89.2 Å². The van der Waals surface area contributed by atoms with E-state index in [2.05, 4.69) is 15.1 Å². The minimum Gasteiger partial charge on any atom is -0.493 e. The van der Waals surface area contributed by atoms with Gasteiger partial charge in [-0.05, 0) is 6.92 Å². The number of H-pyrrole nitrogens is 1. The number of hydrogen-bond donors (Lipinski definition) is 2. The fraction of sp³-hybridized carbons (Fsp3) is 0.100. The Kier molecular flexibility index (Phi) is 1.57. The zero-order valence-electron chi connectivity index (χ0n) is 8.43. The van der Waals surface area contributed by atoms with Crippen LogP contribution in [0.3, 0.4) is 0 Å². The predicted octanol–water partition coefficient (Wildman–Crippen LogP) is 0.585.